The second kappa shape index (κ2) is 5.15. The van der Waals surface area contributed by atoms with Crippen molar-refractivity contribution in [1.82, 2.24) is 0 Å². The van der Waals surface area contributed by atoms with Gasteiger partial charge in [-0.2, -0.15) is 0 Å². The highest BCUT2D eigenvalue weighted by Crippen LogP contribution is 2.38. The Kier molecular flexibility index (Phi) is 3.76. The first-order chi connectivity index (χ1) is 8.52. The van der Waals surface area contributed by atoms with E-state index in [-0.39, 0.29) is 0 Å². The molecule has 0 N–H and O–H groups in total. The van der Waals surface area contributed by atoms with Crippen LogP contribution in [0.4, 0.5) is 0 Å². The third kappa shape index (κ3) is 2.44. The van der Waals surface area contributed by atoms with Gasteiger partial charge in [0.1, 0.15) is 5.75 Å². The van der Waals surface area contributed by atoms with E-state index in [2.05, 4.69) is 67.0 Å². The van der Waals surface area contributed by atoms with Crippen molar-refractivity contribution >= 4 is 15.9 Å². The first-order valence-electron chi connectivity index (χ1n) is 5.94. The maximum Gasteiger partial charge on any atom is 0.129 e. The SMILES string of the molecule is COc1c(C)cc(C)cc1-c1cc(C)ccc1Br. The van der Waals surface area contributed by atoms with Crippen LogP contribution >= 0.6 is 15.9 Å². The Morgan fingerprint density at radius 3 is 2.22 bits per heavy atom. The molecule has 2 aromatic carbocycles. The van der Waals surface area contributed by atoms with Gasteiger partial charge in [0.25, 0.3) is 0 Å². The molecule has 0 aromatic heterocycles. The van der Waals surface area contributed by atoms with Crippen molar-refractivity contribution in [1.29, 1.82) is 0 Å². The van der Waals surface area contributed by atoms with Crippen LogP contribution in [0.2, 0.25) is 0 Å². The molecular weight excluding hydrogens is 288 g/mol. The number of benzene rings is 2. The molecule has 0 spiro atoms. The Balaban J connectivity index is 2.73. The molecule has 0 aliphatic heterocycles. The van der Waals surface area contributed by atoms with Gasteiger partial charge in [-0.1, -0.05) is 39.7 Å². The average molecular weight is 305 g/mol. The summed E-state index contributed by atoms with van der Waals surface area (Å²) < 4.78 is 6.65. The fourth-order valence-electron chi connectivity index (χ4n) is 2.27. The molecule has 0 heterocycles. The molecule has 0 aliphatic rings. The maximum absolute atomic E-state index is 5.56. The largest absolute Gasteiger partial charge is 0.496 e. The Bertz CT molecular complexity index is 588. The number of ether oxygens (including phenoxy) is 1. The number of hydrogen-bond donors (Lipinski definition) is 0. The van der Waals surface area contributed by atoms with Gasteiger partial charge >= 0.3 is 0 Å². The normalized spacial score (nSPS) is 10.5. The van der Waals surface area contributed by atoms with Crippen molar-refractivity contribution < 1.29 is 4.74 Å². The fraction of sp³-hybridized carbons (Fsp3) is 0.250. The van der Waals surface area contributed by atoms with Gasteiger partial charge in [-0.05, 0) is 49.6 Å². The number of aryl methyl sites for hydroxylation is 3. The van der Waals surface area contributed by atoms with Gasteiger partial charge in [0.15, 0.2) is 0 Å². The van der Waals surface area contributed by atoms with Crippen LogP contribution in [-0.4, -0.2) is 7.11 Å². The number of halogens is 1. The van der Waals surface area contributed by atoms with Crippen molar-refractivity contribution in [2.45, 2.75) is 20.8 Å². The van der Waals surface area contributed by atoms with E-state index in [4.69, 9.17) is 4.74 Å². The first-order valence-corrected chi connectivity index (χ1v) is 6.74. The molecule has 0 saturated carbocycles. The zero-order valence-corrected chi connectivity index (χ0v) is 12.8. The molecule has 0 atom stereocenters. The van der Waals surface area contributed by atoms with E-state index in [0.717, 1.165) is 15.8 Å². The minimum absolute atomic E-state index is 0.951. The second-order valence-corrected chi connectivity index (χ2v) is 5.50. The topological polar surface area (TPSA) is 9.23 Å². The standard InChI is InChI=1S/C16H17BrO/c1-10-5-6-15(17)13(8-10)14-9-11(2)7-12(3)16(14)18-4/h5-9H,1-4H3. The lowest BCUT2D eigenvalue weighted by Gasteiger charge is -2.14. The average Bonchev–Trinajstić information content (AvgIpc) is 2.31. The highest BCUT2D eigenvalue weighted by molar-refractivity contribution is 9.10. The van der Waals surface area contributed by atoms with Gasteiger partial charge in [0, 0.05) is 10.0 Å². The van der Waals surface area contributed by atoms with Crippen LogP contribution in [0.25, 0.3) is 11.1 Å². The summed E-state index contributed by atoms with van der Waals surface area (Å²) in [5.41, 5.74) is 5.98. The third-order valence-electron chi connectivity index (χ3n) is 3.04. The van der Waals surface area contributed by atoms with Gasteiger partial charge in [0.2, 0.25) is 0 Å². The Labute approximate surface area is 117 Å². The lowest BCUT2D eigenvalue weighted by Crippen LogP contribution is -1.93. The third-order valence-corrected chi connectivity index (χ3v) is 3.73. The van der Waals surface area contributed by atoms with Crippen LogP contribution in [0.5, 0.6) is 5.75 Å². The molecular formula is C16H17BrO. The van der Waals surface area contributed by atoms with E-state index in [1.165, 1.54) is 22.3 Å². The summed E-state index contributed by atoms with van der Waals surface area (Å²) in [7, 11) is 1.73. The second-order valence-electron chi connectivity index (χ2n) is 4.65. The monoisotopic (exact) mass is 304 g/mol. The van der Waals surface area contributed by atoms with Gasteiger partial charge in [-0.15, -0.1) is 0 Å². The van der Waals surface area contributed by atoms with Gasteiger partial charge in [-0.3, -0.25) is 0 Å². The van der Waals surface area contributed by atoms with E-state index in [1.54, 1.807) is 7.11 Å². The van der Waals surface area contributed by atoms with Crippen molar-refractivity contribution in [3.63, 3.8) is 0 Å². The van der Waals surface area contributed by atoms with Crippen LogP contribution < -0.4 is 4.74 Å². The Morgan fingerprint density at radius 2 is 1.56 bits per heavy atom. The Hall–Kier alpha value is -1.28. The van der Waals surface area contributed by atoms with E-state index in [9.17, 15) is 0 Å². The summed E-state index contributed by atoms with van der Waals surface area (Å²) in [5, 5.41) is 0. The maximum atomic E-state index is 5.56. The molecule has 1 nitrogen and oxygen atoms in total. The summed E-state index contributed by atoms with van der Waals surface area (Å²) in [4.78, 5) is 0. The summed E-state index contributed by atoms with van der Waals surface area (Å²) in [6.45, 7) is 6.30. The molecule has 0 saturated heterocycles. The van der Waals surface area contributed by atoms with Crippen LogP contribution in [0, 0.1) is 20.8 Å². The molecule has 0 amide bonds. The molecule has 0 bridgehead atoms. The zero-order valence-electron chi connectivity index (χ0n) is 11.2. The lowest BCUT2D eigenvalue weighted by molar-refractivity contribution is 0.413. The van der Waals surface area contributed by atoms with Crippen LogP contribution in [0.1, 0.15) is 16.7 Å². The first kappa shape index (κ1) is 13.2. The predicted octanol–water partition coefficient (Wildman–Crippen LogP) is 5.05. The molecule has 94 valence electrons. The quantitative estimate of drug-likeness (QED) is 0.754. The highest BCUT2D eigenvalue weighted by atomic mass is 79.9. The van der Waals surface area contributed by atoms with E-state index in [1.807, 2.05) is 0 Å². The van der Waals surface area contributed by atoms with E-state index < -0.39 is 0 Å². The molecule has 18 heavy (non-hydrogen) atoms. The van der Waals surface area contributed by atoms with Crippen molar-refractivity contribution in [2.24, 2.45) is 0 Å². The molecule has 0 radical (unpaired) electrons. The molecule has 2 heteroatoms. The minimum atomic E-state index is 0.951. The highest BCUT2D eigenvalue weighted by Gasteiger charge is 2.12. The zero-order chi connectivity index (χ0) is 13.3. The van der Waals surface area contributed by atoms with Crippen LogP contribution in [-0.2, 0) is 0 Å². The van der Waals surface area contributed by atoms with Crippen molar-refractivity contribution in [2.75, 3.05) is 7.11 Å². The molecule has 0 unspecified atom stereocenters. The number of hydrogen-bond acceptors (Lipinski definition) is 1. The van der Waals surface area contributed by atoms with E-state index in [0.29, 0.717) is 0 Å². The molecule has 0 fully saturated rings. The lowest BCUT2D eigenvalue weighted by atomic mass is 9.98. The Morgan fingerprint density at radius 1 is 0.889 bits per heavy atom. The number of methoxy groups -OCH3 is 1. The molecule has 2 aromatic rings. The fourth-order valence-corrected chi connectivity index (χ4v) is 2.73. The van der Waals surface area contributed by atoms with Gasteiger partial charge < -0.3 is 4.74 Å². The van der Waals surface area contributed by atoms with E-state index >= 15 is 0 Å². The van der Waals surface area contributed by atoms with Crippen molar-refractivity contribution in [3.05, 3.63) is 51.5 Å². The van der Waals surface area contributed by atoms with Crippen LogP contribution in [0.15, 0.2) is 34.8 Å². The summed E-state index contributed by atoms with van der Waals surface area (Å²) >= 11 is 3.62. The summed E-state index contributed by atoms with van der Waals surface area (Å²) in [5.74, 6) is 0.951. The molecule has 0 aliphatic carbocycles. The number of rotatable bonds is 2. The van der Waals surface area contributed by atoms with Gasteiger partial charge in [-0.25, -0.2) is 0 Å². The van der Waals surface area contributed by atoms with Gasteiger partial charge in [0.05, 0.1) is 7.11 Å². The molecule has 2 rings (SSSR count). The van der Waals surface area contributed by atoms with Crippen LogP contribution in [0.3, 0.4) is 0 Å². The smallest absolute Gasteiger partial charge is 0.129 e. The predicted molar refractivity (Wildman–Crippen MR) is 80.3 cm³/mol. The minimum Gasteiger partial charge on any atom is -0.496 e. The summed E-state index contributed by atoms with van der Waals surface area (Å²) in [6.07, 6.45) is 0. The van der Waals surface area contributed by atoms with Crippen molar-refractivity contribution in [3.8, 4) is 16.9 Å². The summed E-state index contributed by atoms with van der Waals surface area (Å²) in [6, 6.07) is 10.7.